The third kappa shape index (κ3) is 5.17. The lowest BCUT2D eigenvalue weighted by Crippen LogP contribution is -2.31. The van der Waals surface area contributed by atoms with Gasteiger partial charge in [0.15, 0.2) is 22.9 Å². The Labute approximate surface area is 237 Å². The molecule has 206 valence electrons. The minimum atomic E-state index is -0.860. The lowest BCUT2D eigenvalue weighted by molar-refractivity contribution is -0.130. The monoisotopic (exact) mass is 559 g/mol. The number of halogens is 1. The van der Waals surface area contributed by atoms with E-state index in [2.05, 4.69) is 0 Å². The van der Waals surface area contributed by atoms with Gasteiger partial charge in [0.1, 0.15) is 11.4 Å². The van der Waals surface area contributed by atoms with Crippen LogP contribution in [-0.4, -0.2) is 34.4 Å². The van der Waals surface area contributed by atoms with Crippen molar-refractivity contribution in [3.63, 3.8) is 0 Å². The number of amides is 1. The highest BCUT2D eigenvalue weighted by Gasteiger charge is 2.45. The van der Waals surface area contributed by atoms with E-state index in [1.807, 2.05) is 76.2 Å². The molecule has 7 nitrogen and oxygen atoms in total. The number of nitrogens with zero attached hydrogens (tertiary/aromatic N) is 1. The normalized spacial score (nSPS) is 15.7. The van der Waals surface area contributed by atoms with E-state index in [9.17, 15) is 14.7 Å². The van der Waals surface area contributed by atoms with Gasteiger partial charge in [0, 0.05) is 22.0 Å². The second kappa shape index (κ2) is 10.4. The van der Waals surface area contributed by atoms with Crippen LogP contribution >= 0.6 is 11.6 Å². The predicted molar refractivity (Wildman–Crippen MR) is 153 cm³/mol. The van der Waals surface area contributed by atoms with Crippen LogP contribution in [0.4, 0.5) is 0 Å². The van der Waals surface area contributed by atoms with Gasteiger partial charge in [-0.1, -0.05) is 59.6 Å². The molecule has 0 saturated carbocycles. The van der Waals surface area contributed by atoms with Gasteiger partial charge in [-0.15, -0.1) is 0 Å². The maximum atomic E-state index is 14.0. The van der Waals surface area contributed by atoms with Gasteiger partial charge in [-0.3, -0.25) is 9.59 Å². The van der Waals surface area contributed by atoms with Crippen LogP contribution in [0.5, 0.6) is 11.5 Å². The first-order chi connectivity index (χ1) is 19.0. The Morgan fingerprint density at radius 1 is 1.05 bits per heavy atom. The molecule has 1 aliphatic rings. The standard InChI is InChI=1S/C32H30ClNO6/c1-18-9-8-11-19(13-18)27-26(28(35)24-15-21-14-22(33)16-25(38-5)30(21)39-24)29(36)31(37)34(27)17-20-10-6-7-12-23(20)40-32(2,3)4/h6-16,27,36H,17H2,1-5H3. The van der Waals surface area contributed by atoms with Gasteiger partial charge in [0.05, 0.1) is 25.3 Å². The topological polar surface area (TPSA) is 89.2 Å². The largest absolute Gasteiger partial charge is 0.503 e. The Morgan fingerprint density at radius 3 is 2.50 bits per heavy atom. The van der Waals surface area contributed by atoms with Crippen LogP contribution in [0.15, 0.2) is 82.5 Å². The molecular weight excluding hydrogens is 530 g/mol. The second-order valence-corrected chi connectivity index (χ2v) is 11.2. The van der Waals surface area contributed by atoms with Gasteiger partial charge in [-0.25, -0.2) is 0 Å². The summed E-state index contributed by atoms with van der Waals surface area (Å²) < 4.78 is 17.4. The summed E-state index contributed by atoms with van der Waals surface area (Å²) in [4.78, 5) is 29.1. The number of aliphatic hydroxyl groups is 1. The van der Waals surface area contributed by atoms with Crippen molar-refractivity contribution in [3.8, 4) is 11.5 Å². The van der Waals surface area contributed by atoms with Gasteiger partial charge in [-0.2, -0.15) is 0 Å². The molecule has 40 heavy (non-hydrogen) atoms. The summed E-state index contributed by atoms with van der Waals surface area (Å²) in [5.74, 6) is -0.927. The third-order valence-corrected chi connectivity index (χ3v) is 6.84. The lowest BCUT2D eigenvalue weighted by atomic mass is 9.94. The molecule has 0 saturated heterocycles. The predicted octanol–water partition coefficient (Wildman–Crippen LogP) is 7.36. The molecular formula is C32H30ClNO6. The molecule has 4 aromatic rings. The number of carbonyl (C=O) groups is 2. The maximum Gasteiger partial charge on any atom is 0.290 e. The molecule has 0 aliphatic carbocycles. The van der Waals surface area contributed by atoms with Gasteiger partial charge < -0.3 is 23.9 Å². The minimum Gasteiger partial charge on any atom is -0.503 e. The molecule has 0 bridgehead atoms. The fraction of sp³-hybridized carbons (Fsp3) is 0.250. The number of fused-ring (bicyclic) bond motifs is 1. The Morgan fingerprint density at radius 2 is 1.80 bits per heavy atom. The SMILES string of the molecule is COc1cc(Cl)cc2cc(C(=O)C3=C(O)C(=O)N(Cc4ccccc4OC(C)(C)C)C3c3cccc(C)c3)oc12. The quantitative estimate of drug-likeness (QED) is 0.238. The maximum absolute atomic E-state index is 14.0. The third-order valence-electron chi connectivity index (χ3n) is 6.63. The van der Waals surface area contributed by atoms with Crippen molar-refractivity contribution >= 4 is 34.3 Å². The summed E-state index contributed by atoms with van der Waals surface area (Å²) in [6.45, 7) is 7.87. The van der Waals surface area contributed by atoms with E-state index in [0.717, 1.165) is 11.1 Å². The summed E-state index contributed by atoms with van der Waals surface area (Å²) in [5.41, 5.74) is 2.20. The van der Waals surface area contributed by atoms with Crippen molar-refractivity contribution in [2.24, 2.45) is 0 Å². The number of Topliss-reactive ketones (excluding diaryl/α,β-unsaturated/α-hetero) is 1. The van der Waals surface area contributed by atoms with Gasteiger partial charge in [-0.05, 0) is 51.5 Å². The van der Waals surface area contributed by atoms with Crippen LogP contribution in [0.1, 0.15) is 54.1 Å². The molecule has 1 N–H and O–H groups in total. The highest BCUT2D eigenvalue weighted by molar-refractivity contribution is 6.31. The number of hydrogen-bond acceptors (Lipinski definition) is 6. The summed E-state index contributed by atoms with van der Waals surface area (Å²) >= 11 is 6.21. The molecule has 3 aromatic carbocycles. The lowest BCUT2D eigenvalue weighted by Gasteiger charge is -2.29. The number of carbonyl (C=O) groups excluding carboxylic acids is 2. The Bertz CT molecular complexity index is 1660. The van der Waals surface area contributed by atoms with Crippen molar-refractivity contribution in [3.05, 3.63) is 106 Å². The average molecular weight is 560 g/mol. The van der Waals surface area contributed by atoms with Gasteiger partial charge >= 0.3 is 0 Å². The molecule has 1 atom stereocenters. The van der Waals surface area contributed by atoms with E-state index < -0.39 is 29.1 Å². The Balaban J connectivity index is 1.60. The van der Waals surface area contributed by atoms with Crippen molar-refractivity contribution in [2.75, 3.05) is 7.11 Å². The molecule has 0 spiro atoms. The molecule has 2 heterocycles. The zero-order valence-electron chi connectivity index (χ0n) is 22.9. The molecule has 1 aromatic heterocycles. The Hall–Kier alpha value is -4.23. The van der Waals surface area contributed by atoms with Crippen molar-refractivity contribution in [2.45, 2.75) is 45.9 Å². The van der Waals surface area contributed by atoms with Gasteiger partial charge in [0.2, 0.25) is 5.78 Å². The number of ketones is 1. The van der Waals surface area contributed by atoms with Crippen molar-refractivity contribution in [1.82, 2.24) is 4.90 Å². The van der Waals surface area contributed by atoms with Crippen LogP contribution < -0.4 is 9.47 Å². The van der Waals surface area contributed by atoms with Gasteiger partial charge in [0.25, 0.3) is 5.91 Å². The highest BCUT2D eigenvalue weighted by Crippen LogP contribution is 2.42. The van der Waals surface area contributed by atoms with E-state index in [-0.39, 0.29) is 17.9 Å². The number of aliphatic hydroxyl groups excluding tert-OH is 1. The van der Waals surface area contributed by atoms with E-state index in [1.165, 1.54) is 12.0 Å². The van der Waals surface area contributed by atoms with E-state index in [1.54, 1.807) is 18.2 Å². The second-order valence-electron chi connectivity index (χ2n) is 10.8. The zero-order chi connectivity index (χ0) is 28.8. The summed E-state index contributed by atoms with van der Waals surface area (Å²) in [6.07, 6.45) is 0. The summed E-state index contributed by atoms with van der Waals surface area (Å²) in [6, 6.07) is 18.9. The van der Waals surface area contributed by atoms with E-state index >= 15 is 0 Å². The first-order valence-corrected chi connectivity index (χ1v) is 13.2. The molecule has 8 heteroatoms. The van der Waals surface area contributed by atoms with Crippen molar-refractivity contribution < 1.29 is 28.6 Å². The molecule has 1 unspecified atom stereocenters. The smallest absolute Gasteiger partial charge is 0.290 e. The number of para-hydroxylation sites is 1. The first-order valence-electron chi connectivity index (χ1n) is 12.9. The van der Waals surface area contributed by atoms with Crippen LogP contribution in [-0.2, 0) is 11.3 Å². The Kier molecular flexibility index (Phi) is 7.10. The van der Waals surface area contributed by atoms with Crippen LogP contribution in [0.3, 0.4) is 0 Å². The van der Waals surface area contributed by atoms with Crippen LogP contribution in [0.2, 0.25) is 5.02 Å². The molecule has 5 rings (SSSR count). The fourth-order valence-corrected chi connectivity index (χ4v) is 5.18. The minimum absolute atomic E-state index is 0.0408. The average Bonchev–Trinajstić information content (AvgIpc) is 3.43. The number of methoxy groups -OCH3 is 1. The highest BCUT2D eigenvalue weighted by atomic mass is 35.5. The number of hydrogen-bond donors (Lipinski definition) is 1. The van der Waals surface area contributed by atoms with Crippen molar-refractivity contribution in [1.29, 1.82) is 0 Å². The molecule has 0 radical (unpaired) electrons. The number of benzene rings is 3. The number of furan rings is 1. The van der Waals surface area contributed by atoms with Crippen LogP contribution in [0, 0.1) is 6.92 Å². The molecule has 0 fully saturated rings. The summed E-state index contributed by atoms with van der Waals surface area (Å²) in [5, 5.41) is 12.1. The van der Waals surface area contributed by atoms with E-state index in [4.69, 9.17) is 25.5 Å². The van der Waals surface area contributed by atoms with E-state index in [0.29, 0.717) is 33.1 Å². The summed E-state index contributed by atoms with van der Waals surface area (Å²) in [7, 11) is 1.48. The number of rotatable bonds is 7. The number of aryl methyl sites for hydroxylation is 1. The molecule has 1 amide bonds. The number of ether oxygens (including phenoxy) is 2. The fourth-order valence-electron chi connectivity index (χ4n) is 4.96. The first kappa shape index (κ1) is 27.3. The van der Waals surface area contributed by atoms with Crippen LogP contribution in [0.25, 0.3) is 11.0 Å². The molecule has 1 aliphatic heterocycles. The zero-order valence-corrected chi connectivity index (χ0v) is 23.7.